The van der Waals surface area contributed by atoms with Gasteiger partial charge in [0.25, 0.3) is 5.91 Å². The molecule has 0 atom stereocenters. The predicted molar refractivity (Wildman–Crippen MR) is 96.6 cm³/mol. The zero-order chi connectivity index (χ0) is 17.6. The maximum Gasteiger partial charge on any atom is 0.322 e. The molecule has 3 rings (SSSR count). The summed E-state index contributed by atoms with van der Waals surface area (Å²) >= 11 is 0. The van der Waals surface area contributed by atoms with Gasteiger partial charge >= 0.3 is 6.03 Å². The maximum absolute atomic E-state index is 12.6. The molecular weight excluding hydrogens is 316 g/mol. The highest BCUT2D eigenvalue weighted by Gasteiger charge is 2.24. The number of aryl methyl sites for hydroxylation is 1. The topological polar surface area (TPSA) is 65.5 Å². The van der Waals surface area contributed by atoms with Crippen molar-refractivity contribution >= 4 is 17.6 Å². The van der Waals surface area contributed by atoms with Crippen LogP contribution in [0.15, 0.2) is 48.8 Å². The molecule has 1 fully saturated rings. The van der Waals surface area contributed by atoms with Crippen molar-refractivity contribution in [2.24, 2.45) is 0 Å². The minimum Gasteiger partial charge on any atom is -0.335 e. The first-order valence-corrected chi connectivity index (χ1v) is 8.51. The van der Waals surface area contributed by atoms with Crippen molar-refractivity contribution in [2.45, 2.75) is 13.3 Å². The van der Waals surface area contributed by atoms with Crippen molar-refractivity contribution in [1.29, 1.82) is 0 Å². The highest BCUT2D eigenvalue weighted by atomic mass is 16.2. The Bertz CT molecular complexity index is 723. The maximum atomic E-state index is 12.6. The number of anilines is 1. The van der Waals surface area contributed by atoms with E-state index in [-0.39, 0.29) is 11.9 Å². The van der Waals surface area contributed by atoms with E-state index >= 15 is 0 Å². The molecule has 1 N–H and O–H groups in total. The summed E-state index contributed by atoms with van der Waals surface area (Å²) in [6, 6.07) is 11.1. The van der Waals surface area contributed by atoms with Gasteiger partial charge in [0.05, 0.1) is 11.9 Å². The van der Waals surface area contributed by atoms with Gasteiger partial charge < -0.3 is 15.1 Å². The third-order valence-corrected chi connectivity index (χ3v) is 4.38. The highest BCUT2D eigenvalue weighted by molar-refractivity contribution is 5.94. The molecule has 0 unspecified atom stereocenters. The van der Waals surface area contributed by atoms with E-state index in [9.17, 15) is 9.59 Å². The first kappa shape index (κ1) is 17.0. The second kappa shape index (κ2) is 7.79. The van der Waals surface area contributed by atoms with Crippen LogP contribution in [-0.2, 0) is 6.42 Å². The van der Waals surface area contributed by atoms with E-state index < -0.39 is 0 Å². The fourth-order valence-corrected chi connectivity index (χ4v) is 2.82. The lowest BCUT2D eigenvalue weighted by Crippen LogP contribution is -2.51. The number of nitrogens with one attached hydrogen (secondary N) is 1. The SMILES string of the molecule is CCc1ccc(C(=O)N2CCN(C(=O)Nc3cccnc3)CC2)cc1. The summed E-state index contributed by atoms with van der Waals surface area (Å²) in [7, 11) is 0. The number of amides is 3. The zero-order valence-electron chi connectivity index (χ0n) is 14.3. The van der Waals surface area contributed by atoms with Crippen LogP contribution in [0, 0.1) is 0 Å². The molecule has 1 saturated heterocycles. The van der Waals surface area contributed by atoms with Crippen molar-refractivity contribution < 1.29 is 9.59 Å². The van der Waals surface area contributed by atoms with E-state index in [1.807, 2.05) is 24.3 Å². The fourth-order valence-electron chi connectivity index (χ4n) is 2.82. The Hall–Kier alpha value is -2.89. The van der Waals surface area contributed by atoms with Crippen molar-refractivity contribution in [3.05, 3.63) is 59.9 Å². The highest BCUT2D eigenvalue weighted by Crippen LogP contribution is 2.12. The molecule has 6 nitrogen and oxygen atoms in total. The van der Waals surface area contributed by atoms with Gasteiger partial charge in [-0.2, -0.15) is 0 Å². The second-order valence-corrected chi connectivity index (χ2v) is 6.00. The molecule has 1 aromatic carbocycles. The summed E-state index contributed by atoms with van der Waals surface area (Å²) in [5.74, 6) is 0.0231. The van der Waals surface area contributed by atoms with Crippen LogP contribution in [0.4, 0.5) is 10.5 Å². The van der Waals surface area contributed by atoms with Crippen LogP contribution in [0.1, 0.15) is 22.8 Å². The summed E-state index contributed by atoms with van der Waals surface area (Å²) in [6.07, 6.45) is 4.23. The number of carbonyl (C=O) groups excluding carboxylic acids is 2. The van der Waals surface area contributed by atoms with Gasteiger partial charge in [-0.15, -0.1) is 0 Å². The molecule has 1 aliphatic heterocycles. The Morgan fingerprint density at radius 3 is 2.32 bits per heavy atom. The number of aromatic nitrogens is 1. The molecule has 25 heavy (non-hydrogen) atoms. The van der Waals surface area contributed by atoms with Gasteiger partial charge in [-0.05, 0) is 36.2 Å². The molecule has 0 radical (unpaired) electrons. The molecule has 0 aliphatic carbocycles. The average Bonchev–Trinajstić information content (AvgIpc) is 2.68. The Morgan fingerprint density at radius 1 is 1.04 bits per heavy atom. The van der Waals surface area contributed by atoms with Crippen LogP contribution in [-0.4, -0.2) is 52.9 Å². The van der Waals surface area contributed by atoms with Crippen LogP contribution < -0.4 is 5.32 Å². The first-order valence-electron chi connectivity index (χ1n) is 8.51. The Balaban J connectivity index is 1.54. The molecule has 3 amide bonds. The van der Waals surface area contributed by atoms with Crippen LogP contribution in [0.25, 0.3) is 0 Å². The summed E-state index contributed by atoms with van der Waals surface area (Å²) < 4.78 is 0. The van der Waals surface area contributed by atoms with E-state index in [1.54, 1.807) is 34.3 Å². The molecule has 0 saturated carbocycles. The number of carbonyl (C=O) groups is 2. The minimum absolute atomic E-state index is 0.0231. The fraction of sp³-hybridized carbons (Fsp3) is 0.316. The number of hydrogen-bond acceptors (Lipinski definition) is 3. The van der Waals surface area contributed by atoms with Crippen LogP contribution in [0.2, 0.25) is 0 Å². The third-order valence-electron chi connectivity index (χ3n) is 4.38. The average molecular weight is 338 g/mol. The second-order valence-electron chi connectivity index (χ2n) is 6.00. The molecule has 1 aliphatic rings. The predicted octanol–water partition coefficient (Wildman–Crippen LogP) is 2.63. The molecule has 6 heteroatoms. The number of urea groups is 1. The number of benzene rings is 1. The molecule has 0 bridgehead atoms. The van der Waals surface area contributed by atoms with E-state index in [2.05, 4.69) is 17.2 Å². The summed E-state index contributed by atoms with van der Waals surface area (Å²) in [4.78, 5) is 32.3. The van der Waals surface area contributed by atoms with Crippen molar-refractivity contribution in [3.8, 4) is 0 Å². The lowest BCUT2D eigenvalue weighted by atomic mass is 10.1. The summed E-state index contributed by atoms with van der Waals surface area (Å²) in [6.45, 7) is 4.20. The molecule has 2 heterocycles. The van der Waals surface area contributed by atoms with E-state index in [4.69, 9.17) is 0 Å². The van der Waals surface area contributed by atoms with Crippen molar-refractivity contribution in [1.82, 2.24) is 14.8 Å². The lowest BCUT2D eigenvalue weighted by molar-refractivity contribution is 0.0671. The van der Waals surface area contributed by atoms with Gasteiger partial charge in [-0.1, -0.05) is 19.1 Å². The minimum atomic E-state index is -0.160. The number of hydrogen-bond donors (Lipinski definition) is 1. The van der Waals surface area contributed by atoms with Gasteiger partial charge in [-0.3, -0.25) is 9.78 Å². The largest absolute Gasteiger partial charge is 0.335 e. The number of pyridine rings is 1. The van der Waals surface area contributed by atoms with Gasteiger partial charge in [0.1, 0.15) is 0 Å². The quantitative estimate of drug-likeness (QED) is 0.936. The van der Waals surface area contributed by atoms with E-state index in [0.29, 0.717) is 37.4 Å². The normalized spacial score (nSPS) is 14.3. The van der Waals surface area contributed by atoms with E-state index in [1.165, 1.54) is 5.56 Å². The van der Waals surface area contributed by atoms with Gasteiger partial charge in [-0.25, -0.2) is 4.79 Å². The Labute approximate surface area is 147 Å². The molecule has 1 aromatic heterocycles. The van der Waals surface area contributed by atoms with Crippen molar-refractivity contribution in [2.75, 3.05) is 31.5 Å². The lowest BCUT2D eigenvalue weighted by Gasteiger charge is -2.34. The van der Waals surface area contributed by atoms with Gasteiger partial charge in [0.15, 0.2) is 0 Å². The van der Waals surface area contributed by atoms with Crippen molar-refractivity contribution in [3.63, 3.8) is 0 Å². The number of nitrogens with zero attached hydrogens (tertiary/aromatic N) is 3. The standard InChI is InChI=1S/C19H22N4O2/c1-2-15-5-7-16(8-6-15)18(24)22-10-12-23(13-11-22)19(25)21-17-4-3-9-20-14-17/h3-9,14H,2,10-13H2,1H3,(H,21,25). The third kappa shape index (κ3) is 4.15. The Kier molecular flexibility index (Phi) is 5.28. The summed E-state index contributed by atoms with van der Waals surface area (Å²) in [5.41, 5.74) is 2.58. The van der Waals surface area contributed by atoms with Crippen LogP contribution in [0.3, 0.4) is 0 Å². The smallest absolute Gasteiger partial charge is 0.322 e. The van der Waals surface area contributed by atoms with E-state index in [0.717, 1.165) is 6.42 Å². The van der Waals surface area contributed by atoms with Crippen LogP contribution >= 0.6 is 0 Å². The molecular formula is C19H22N4O2. The molecule has 130 valence electrons. The van der Waals surface area contributed by atoms with Gasteiger partial charge in [0.2, 0.25) is 0 Å². The molecule has 2 aromatic rings. The van der Waals surface area contributed by atoms with Gasteiger partial charge in [0, 0.05) is 37.9 Å². The van der Waals surface area contributed by atoms with Crippen LogP contribution in [0.5, 0.6) is 0 Å². The Morgan fingerprint density at radius 2 is 1.72 bits per heavy atom. The zero-order valence-corrected chi connectivity index (χ0v) is 14.3. The first-order chi connectivity index (χ1) is 12.2. The summed E-state index contributed by atoms with van der Waals surface area (Å²) in [5, 5.41) is 2.82. The monoisotopic (exact) mass is 338 g/mol. The number of piperazine rings is 1. The molecule has 0 spiro atoms. The number of rotatable bonds is 3.